The van der Waals surface area contributed by atoms with Crippen LogP contribution in [0.5, 0.6) is 11.5 Å². The predicted molar refractivity (Wildman–Crippen MR) is 115 cm³/mol. The summed E-state index contributed by atoms with van der Waals surface area (Å²) in [4.78, 5) is 24.2. The molecule has 1 aromatic carbocycles. The third-order valence-electron chi connectivity index (χ3n) is 8.58. The van der Waals surface area contributed by atoms with Crippen LogP contribution in [0.15, 0.2) is 12.1 Å². The molecule has 5 aliphatic rings. The smallest absolute Gasteiger partial charge is 0.306 e. The van der Waals surface area contributed by atoms with Crippen LogP contribution in [0.4, 0.5) is 0 Å². The monoisotopic (exact) mass is 475 g/mol. The minimum atomic E-state index is -1.40. The number of aliphatic hydroxyl groups excluding tert-OH is 3. The van der Waals surface area contributed by atoms with Crippen LogP contribution >= 0.6 is 0 Å². The maximum absolute atomic E-state index is 13.0. The van der Waals surface area contributed by atoms with E-state index in [0.717, 1.165) is 36.9 Å². The molecule has 0 amide bonds. The lowest BCUT2D eigenvalue weighted by Crippen LogP contribution is -2.65. The number of rotatable bonds is 5. The van der Waals surface area contributed by atoms with Gasteiger partial charge in [-0.05, 0) is 43.4 Å². The fourth-order valence-electron chi connectivity index (χ4n) is 7.12. The number of carboxylic acids is 1. The summed E-state index contributed by atoms with van der Waals surface area (Å²) in [6, 6.07) is 3.98. The Kier molecular flexibility index (Phi) is 5.16. The molecule has 2 saturated heterocycles. The van der Waals surface area contributed by atoms with Crippen molar-refractivity contribution in [3.8, 4) is 11.5 Å². The molecular weight excluding hydrogens is 446 g/mol. The average molecular weight is 475 g/mol. The van der Waals surface area contributed by atoms with Crippen molar-refractivity contribution in [3.05, 3.63) is 23.3 Å². The molecule has 184 valence electrons. The van der Waals surface area contributed by atoms with Gasteiger partial charge in [-0.1, -0.05) is 6.07 Å². The Labute approximate surface area is 195 Å². The number of nitrogens with one attached hydrogen (secondary N) is 1. The van der Waals surface area contributed by atoms with Gasteiger partial charge in [0.25, 0.3) is 0 Å². The quantitative estimate of drug-likeness (QED) is 0.376. The van der Waals surface area contributed by atoms with Gasteiger partial charge in [-0.3, -0.25) is 9.59 Å². The van der Waals surface area contributed by atoms with Crippen LogP contribution in [0.1, 0.15) is 36.8 Å². The molecule has 1 saturated carbocycles. The van der Waals surface area contributed by atoms with Gasteiger partial charge in [0.1, 0.15) is 6.10 Å². The van der Waals surface area contributed by atoms with Crippen molar-refractivity contribution >= 4 is 11.8 Å². The van der Waals surface area contributed by atoms with Gasteiger partial charge in [0, 0.05) is 29.4 Å². The van der Waals surface area contributed by atoms with E-state index in [4.69, 9.17) is 14.2 Å². The normalized spacial score (nSPS) is 42.0. The first-order chi connectivity index (χ1) is 16.3. The summed E-state index contributed by atoms with van der Waals surface area (Å²) >= 11 is 0. The number of ketones is 1. The highest BCUT2D eigenvalue weighted by atomic mass is 16.7. The second-order valence-corrected chi connectivity index (χ2v) is 10.2. The Hall–Kier alpha value is -2.24. The third kappa shape index (κ3) is 2.99. The van der Waals surface area contributed by atoms with E-state index in [2.05, 4.69) is 5.32 Å². The number of ether oxygens (including phenoxy) is 3. The van der Waals surface area contributed by atoms with Crippen LogP contribution < -0.4 is 14.8 Å². The molecule has 5 unspecified atom stereocenters. The van der Waals surface area contributed by atoms with Crippen LogP contribution in [-0.4, -0.2) is 82.1 Å². The number of carboxylic acid groups (broad SMARTS) is 1. The highest BCUT2D eigenvalue weighted by Gasteiger charge is 2.64. The van der Waals surface area contributed by atoms with E-state index >= 15 is 0 Å². The molecule has 1 aromatic rings. The summed E-state index contributed by atoms with van der Waals surface area (Å²) in [5.41, 5.74) is 1.73. The molecule has 3 heterocycles. The number of Topliss-reactive ketones (excluding diaryl/α,β-unsaturated/α-hetero) is 1. The highest BCUT2D eigenvalue weighted by Crippen LogP contribution is 2.62. The second kappa shape index (κ2) is 7.89. The zero-order valence-electron chi connectivity index (χ0n) is 18.6. The van der Waals surface area contributed by atoms with Gasteiger partial charge < -0.3 is 40.0 Å². The van der Waals surface area contributed by atoms with Gasteiger partial charge >= 0.3 is 5.97 Å². The number of hydrogen-bond donors (Lipinski definition) is 5. The molecule has 10 nitrogen and oxygen atoms in total. The van der Waals surface area contributed by atoms with Gasteiger partial charge in [0.15, 0.2) is 23.4 Å². The number of carbonyl (C=O) groups excluding carboxylic acids is 1. The minimum Gasteiger partial charge on any atom is -0.481 e. The van der Waals surface area contributed by atoms with E-state index in [1.807, 2.05) is 6.07 Å². The molecule has 10 heteroatoms. The van der Waals surface area contributed by atoms with Crippen LogP contribution in [0.3, 0.4) is 0 Å². The standard InChI is InChI=1S/C24H29NO9/c26-9-11-19(30)16(8-17(28)29)33-23(20(11)31)32-15-4-1-10-7-13-12-2-3-14(27)22-24(12,5-6-25-13)18(10)21(15)34-22/h1,4,11-13,16,19-20,22-23,25-26,30-31H,2-3,5-9H2,(H,28,29)/t11?,12-,13?,16?,19-,20+,22-,23?,24?/m0/s1. The molecule has 2 aliphatic carbocycles. The lowest BCUT2D eigenvalue weighted by molar-refractivity contribution is -0.263. The molecule has 5 N–H and O–H groups in total. The summed E-state index contributed by atoms with van der Waals surface area (Å²) in [5, 5.41) is 43.7. The topological polar surface area (TPSA) is 155 Å². The number of benzene rings is 1. The summed E-state index contributed by atoms with van der Waals surface area (Å²) < 4.78 is 18.0. The van der Waals surface area contributed by atoms with Crippen molar-refractivity contribution in [1.29, 1.82) is 0 Å². The van der Waals surface area contributed by atoms with Crippen molar-refractivity contribution in [2.75, 3.05) is 13.2 Å². The summed E-state index contributed by atoms with van der Waals surface area (Å²) in [6.45, 7) is 0.237. The number of hydrogen-bond acceptors (Lipinski definition) is 9. The van der Waals surface area contributed by atoms with E-state index in [-0.39, 0.29) is 5.78 Å². The zero-order valence-corrected chi connectivity index (χ0v) is 18.6. The summed E-state index contributed by atoms with van der Waals surface area (Å²) in [7, 11) is 0. The van der Waals surface area contributed by atoms with Crippen molar-refractivity contribution in [2.45, 2.75) is 74.3 Å². The number of piperidine rings is 1. The Morgan fingerprint density at radius 3 is 2.85 bits per heavy atom. The van der Waals surface area contributed by atoms with Crippen LogP contribution in [0.2, 0.25) is 0 Å². The molecule has 0 aromatic heterocycles. The SMILES string of the molecule is O=C(O)CC1OC(Oc2ccc3c4c2O[C@H]2C(=O)CC[C@H]5C(C3)NCCC425)[C@H](O)C(CO)[C@@H]1O. The first-order valence-corrected chi connectivity index (χ1v) is 11.9. The largest absolute Gasteiger partial charge is 0.481 e. The fourth-order valence-corrected chi connectivity index (χ4v) is 7.12. The van der Waals surface area contributed by atoms with Crippen LogP contribution in [0.25, 0.3) is 0 Å². The van der Waals surface area contributed by atoms with E-state index in [9.17, 15) is 30.0 Å². The minimum absolute atomic E-state index is 0.0887. The number of aliphatic hydroxyl groups is 3. The average Bonchev–Trinajstić information content (AvgIpc) is 3.14. The number of carbonyl (C=O) groups is 2. The van der Waals surface area contributed by atoms with Gasteiger partial charge in [-0.15, -0.1) is 0 Å². The molecule has 34 heavy (non-hydrogen) atoms. The van der Waals surface area contributed by atoms with Crippen molar-refractivity contribution < 1.29 is 44.2 Å². The predicted octanol–water partition coefficient (Wildman–Crippen LogP) is -0.509. The van der Waals surface area contributed by atoms with Crippen LogP contribution in [-0.2, 0) is 26.2 Å². The molecule has 0 radical (unpaired) electrons. The first-order valence-electron chi connectivity index (χ1n) is 11.9. The van der Waals surface area contributed by atoms with Crippen molar-refractivity contribution in [3.63, 3.8) is 0 Å². The molecule has 6 rings (SSSR count). The van der Waals surface area contributed by atoms with E-state index in [1.165, 1.54) is 0 Å². The molecule has 2 bridgehead atoms. The van der Waals surface area contributed by atoms with Gasteiger partial charge in [-0.25, -0.2) is 0 Å². The van der Waals surface area contributed by atoms with Crippen molar-refractivity contribution in [1.82, 2.24) is 5.32 Å². The van der Waals surface area contributed by atoms with E-state index in [0.29, 0.717) is 29.9 Å². The van der Waals surface area contributed by atoms with Gasteiger partial charge in [-0.2, -0.15) is 0 Å². The highest BCUT2D eigenvalue weighted by molar-refractivity contribution is 5.89. The van der Waals surface area contributed by atoms with Gasteiger partial charge in [0.2, 0.25) is 6.29 Å². The van der Waals surface area contributed by atoms with Crippen LogP contribution in [0, 0.1) is 11.8 Å². The maximum atomic E-state index is 13.0. The zero-order chi connectivity index (χ0) is 23.8. The fraction of sp³-hybridized carbons (Fsp3) is 0.667. The lowest BCUT2D eigenvalue weighted by atomic mass is 9.52. The second-order valence-electron chi connectivity index (χ2n) is 10.2. The molecule has 9 atom stereocenters. The number of aliphatic carboxylic acids is 1. The maximum Gasteiger partial charge on any atom is 0.306 e. The Morgan fingerprint density at radius 2 is 2.09 bits per heavy atom. The third-order valence-corrected chi connectivity index (χ3v) is 8.58. The lowest BCUT2D eigenvalue weighted by Gasteiger charge is -2.54. The molecular formula is C24H29NO9. The molecule has 3 fully saturated rings. The Morgan fingerprint density at radius 1 is 1.26 bits per heavy atom. The van der Waals surface area contributed by atoms with E-state index < -0.39 is 61.0 Å². The van der Waals surface area contributed by atoms with E-state index in [1.54, 1.807) is 6.07 Å². The Bertz CT molecular complexity index is 1030. The van der Waals surface area contributed by atoms with Gasteiger partial charge in [0.05, 0.1) is 25.2 Å². The first kappa shape index (κ1) is 22.2. The summed E-state index contributed by atoms with van der Waals surface area (Å²) in [6.07, 6.45) is -3.40. The van der Waals surface area contributed by atoms with Crippen molar-refractivity contribution in [2.24, 2.45) is 11.8 Å². The Balaban J connectivity index is 1.37. The summed E-state index contributed by atoms with van der Waals surface area (Å²) in [5.74, 6) is -1.05. The molecule has 3 aliphatic heterocycles. The molecule has 1 spiro atoms.